The van der Waals surface area contributed by atoms with E-state index in [1.54, 1.807) is 18.3 Å². The molecule has 0 fully saturated rings. The second kappa shape index (κ2) is 6.78. The van der Waals surface area contributed by atoms with Gasteiger partial charge in [0.15, 0.2) is 0 Å². The molecule has 0 unspecified atom stereocenters. The lowest BCUT2D eigenvalue weighted by molar-refractivity contribution is 0.264. The van der Waals surface area contributed by atoms with Gasteiger partial charge in [-0.2, -0.15) is 5.26 Å². The molecule has 0 amide bonds. The van der Waals surface area contributed by atoms with Gasteiger partial charge in [0.25, 0.3) is 0 Å². The van der Waals surface area contributed by atoms with Gasteiger partial charge < -0.3 is 0 Å². The molecule has 0 saturated carbocycles. The highest BCUT2D eigenvalue weighted by atomic mass is 19.1. The molecule has 3 nitrogen and oxygen atoms in total. The highest BCUT2D eigenvalue weighted by Gasteiger charge is 2.11. The van der Waals surface area contributed by atoms with E-state index < -0.39 is 5.82 Å². The molecule has 1 heterocycles. The first-order valence-electron chi connectivity index (χ1n) is 6.54. The summed E-state index contributed by atoms with van der Waals surface area (Å²) in [5, 5.41) is 8.86. The van der Waals surface area contributed by atoms with Crippen LogP contribution >= 0.6 is 0 Å². The Hall–Kier alpha value is -2.25. The molecule has 0 aliphatic rings. The fraction of sp³-hybridized carbons (Fsp3) is 0.250. The summed E-state index contributed by atoms with van der Waals surface area (Å²) in [6.07, 6.45) is 1.75. The van der Waals surface area contributed by atoms with E-state index in [0.29, 0.717) is 18.7 Å². The van der Waals surface area contributed by atoms with Crippen LogP contribution in [0.3, 0.4) is 0 Å². The van der Waals surface area contributed by atoms with Gasteiger partial charge in [-0.05, 0) is 24.7 Å². The molecule has 20 heavy (non-hydrogen) atoms. The summed E-state index contributed by atoms with van der Waals surface area (Å²) in [6.45, 7) is 3.93. The van der Waals surface area contributed by atoms with Gasteiger partial charge >= 0.3 is 0 Å². The van der Waals surface area contributed by atoms with E-state index in [2.05, 4.69) is 9.88 Å². The molecule has 0 aliphatic carbocycles. The Morgan fingerprint density at radius 1 is 1.20 bits per heavy atom. The Kier molecular flexibility index (Phi) is 4.80. The Balaban J connectivity index is 2.13. The van der Waals surface area contributed by atoms with Crippen LogP contribution in [0.2, 0.25) is 0 Å². The number of pyridine rings is 1. The van der Waals surface area contributed by atoms with Crippen molar-refractivity contribution in [3.8, 4) is 6.07 Å². The molecule has 4 heteroatoms. The van der Waals surface area contributed by atoms with Crippen LogP contribution in [0.25, 0.3) is 0 Å². The molecule has 0 spiro atoms. The second-order valence-corrected chi connectivity index (χ2v) is 4.51. The van der Waals surface area contributed by atoms with Gasteiger partial charge in [-0.15, -0.1) is 0 Å². The maximum Gasteiger partial charge on any atom is 0.145 e. The number of hydrogen-bond acceptors (Lipinski definition) is 3. The van der Waals surface area contributed by atoms with Crippen LogP contribution in [0.4, 0.5) is 4.39 Å². The monoisotopic (exact) mass is 269 g/mol. The quantitative estimate of drug-likeness (QED) is 0.837. The van der Waals surface area contributed by atoms with E-state index in [9.17, 15) is 4.39 Å². The van der Waals surface area contributed by atoms with Gasteiger partial charge in [0, 0.05) is 24.8 Å². The maximum atomic E-state index is 14.0. The summed E-state index contributed by atoms with van der Waals surface area (Å²) < 4.78 is 14.0. The molecule has 0 aliphatic heterocycles. The molecule has 2 rings (SSSR count). The molecular formula is C16H16FN3. The van der Waals surface area contributed by atoms with Gasteiger partial charge in [0.1, 0.15) is 11.9 Å². The van der Waals surface area contributed by atoms with E-state index >= 15 is 0 Å². The smallest absolute Gasteiger partial charge is 0.145 e. The third-order valence-corrected chi connectivity index (χ3v) is 3.15. The molecule has 1 aromatic carbocycles. The predicted octanol–water partition coefficient (Wildman–Crippen LogP) is 3.11. The summed E-state index contributed by atoms with van der Waals surface area (Å²) in [6, 6.07) is 12.6. The Morgan fingerprint density at radius 2 is 2.05 bits per heavy atom. The van der Waals surface area contributed by atoms with Crippen molar-refractivity contribution in [1.29, 1.82) is 5.26 Å². The molecule has 0 bridgehead atoms. The lowest BCUT2D eigenvalue weighted by Crippen LogP contribution is -2.23. The van der Waals surface area contributed by atoms with Crippen molar-refractivity contribution in [2.45, 2.75) is 20.0 Å². The topological polar surface area (TPSA) is 39.9 Å². The van der Waals surface area contributed by atoms with Crippen molar-refractivity contribution >= 4 is 0 Å². The summed E-state index contributed by atoms with van der Waals surface area (Å²) in [5.41, 5.74) is 1.59. The van der Waals surface area contributed by atoms with Crippen molar-refractivity contribution in [2.75, 3.05) is 6.54 Å². The van der Waals surface area contributed by atoms with Crippen LogP contribution < -0.4 is 0 Å². The summed E-state index contributed by atoms with van der Waals surface area (Å²) in [7, 11) is 0. The Bertz CT molecular complexity index is 605. The van der Waals surface area contributed by atoms with Gasteiger partial charge in [0.05, 0.1) is 11.3 Å². The first-order valence-corrected chi connectivity index (χ1v) is 6.54. The molecule has 1 aromatic heterocycles. The van der Waals surface area contributed by atoms with Crippen LogP contribution in [0.5, 0.6) is 0 Å². The predicted molar refractivity (Wildman–Crippen MR) is 75.1 cm³/mol. The van der Waals surface area contributed by atoms with Gasteiger partial charge in [-0.3, -0.25) is 9.88 Å². The largest absolute Gasteiger partial charge is 0.293 e. The van der Waals surface area contributed by atoms with Gasteiger partial charge in [0.2, 0.25) is 0 Å². The van der Waals surface area contributed by atoms with Gasteiger partial charge in [-0.1, -0.05) is 25.1 Å². The minimum atomic E-state index is -0.422. The average Bonchev–Trinajstić information content (AvgIpc) is 2.49. The average molecular weight is 269 g/mol. The van der Waals surface area contributed by atoms with Gasteiger partial charge in [-0.25, -0.2) is 4.39 Å². The third-order valence-electron chi connectivity index (χ3n) is 3.15. The number of benzene rings is 1. The Labute approximate surface area is 118 Å². The number of nitriles is 1. The molecule has 0 radical (unpaired) electrons. The highest BCUT2D eigenvalue weighted by molar-refractivity contribution is 5.34. The van der Waals surface area contributed by atoms with E-state index in [1.807, 2.05) is 31.2 Å². The first-order chi connectivity index (χ1) is 9.74. The Morgan fingerprint density at radius 3 is 2.70 bits per heavy atom. The number of aromatic nitrogens is 1. The molecule has 0 N–H and O–H groups in total. The minimum absolute atomic E-state index is 0.0939. The van der Waals surface area contributed by atoms with Crippen LogP contribution in [-0.4, -0.2) is 16.4 Å². The number of nitrogens with zero attached hydrogens (tertiary/aromatic N) is 3. The van der Waals surface area contributed by atoms with Crippen molar-refractivity contribution in [3.05, 3.63) is 65.2 Å². The fourth-order valence-corrected chi connectivity index (χ4v) is 2.03. The molecule has 2 aromatic rings. The standard InChI is InChI=1S/C16H16FN3/c1-2-20(12-15-8-3-4-9-19-15)11-14-7-5-6-13(10-18)16(14)17/h3-9H,2,11-12H2,1H3. The third kappa shape index (κ3) is 3.40. The van der Waals surface area contributed by atoms with Crippen LogP contribution in [0.15, 0.2) is 42.6 Å². The van der Waals surface area contributed by atoms with Crippen LogP contribution in [0, 0.1) is 17.1 Å². The lowest BCUT2D eigenvalue weighted by atomic mass is 10.1. The summed E-state index contributed by atoms with van der Waals surface area (Å²) in [5.74, 6) is -0.422. The number of halogens is 1. The van der Waals surface area contributed by atoms with Crippen LogP contribution in [-0.2, 0) is 13.1 Å². The normalized spacial score (nSPS) is 10.5. The lowest BCUT2D eigenvalue weighted by Gasteiger charge is -2.20. The van der Waals surface area contributed by atoms with E-state index in [0.717, 1.165) is 12.2 Å². The molecule has 102 valence electrons. The van der Waals surface area contributed by atoms with Crippen molar-refractivity contribution in [3.63, 3.8) is 0 Å². The van der Waals surface area contributed by atoms with Crippen molar-refractivity contribution < 1.29 is 4.39 Å². The first kappa shape index (κ1) is 14.2. The zero-order chi connectivity index (χ0) is 14.4. The molecular weight excluding hydrogens is 253 g/mol. The maximum absolute atomic E-state index is 14.0. The fourth-order valence-electron chi connectivity index (χ4n) is 2.03. The SMILES string of the molecule is CCN(Cc1ccccn1)Cc1cccc(C#N)c1F. The highest BCUT2D eigenvalue weighted by Crippen LogP contribution is 2.15. The van der Waals surface area contributed by atoms with Crippen molar-refractivity contribution in [1.82, 2.24) is 9.88 Å². The van der Waals surface area contributed by atoms with E-state index in [4.69, 9.17) is 5.26 Å². The molecule has 0 atom stereocenters. The van der Waals surface area contributed by atoms with E-state index in [-0.39, 0.29) is 5.56 Å². The number of rotatable bonds is 5. The molecule has 0 saturated heterocycles. The summed E-state index contributed by atoms with van der Waals surface area (Å²) in [4.78, 5) is 6.36. The minimum Gasteiger partial charge on any atom is -0.293 e. The second-order valence-electron chi connectivity index (χ2n) is 4.51. The number of hydrogen-bond donors (Lipinski definition) is 0. The summed E-state index contributed by atoms with van der Waals surface area (Å²) >= 11 is 0. The van der Waals surface area contributed by atoms with Crippen molar-refractivity contribution in [2.24, 2.45) is 0 Å². The van der Waals surface area contributed by atoms with E-state index in [1.165, 1.54) is 6.07 Å². The zero-order valence-corrected chi connectivity index (χ0v) is 11.4. The van der Waals surface area contributed by atoms with Crippen LogP contribution in [0.1, 0.15) is 23.7 Å². The zero-order valence-electron chi connectivity index (χ0n) is 11.4.